The van der Waals surface area contributed by atoms with Crippen molar-refractivity contribution in [2.45, 2.75) is 18.7 Å². The highest BCUT2D eigenvalue weighted by molar-refractivity contribution is 7.92. The zero-order valence-electron chi connectivity index (χ0n) is 10.4. The van der Waals surface area contributed by atoms with Crippen LogP contribution in [0.2, 0.25) is 0 Å². The minimum Gasteiger partial charge on any atom is -0.396 e. The Morgan fingerprint density at radius 3 is 2.58 bits per heavy atom. The van der Waals surface area contributed by atoms with Crippen molar-refractivity contribution in [3.63, 3.8) is 0 Å². The van der Waals surface area contributed by atoms with Crippen molar-refractivity contribution in [1.29, 1.82) is 0 Å². The third kappa shape index (κ3) is 2.53. The lowest BCUT2D eigenvalue weighted by Gasteiger charge is -2.07. The van der Waals surface area contributed by atoms with Crippen molar-refractivity contribution >= 4 is 21.5 Å². The third-order valence-electron chi connectivity index (χ3n) is 2.77. The summed E-state index contributed by atoms with van der Waals surface area (Å²) in [5.41, 5.74) is 6.63. The first-order valence-electron chi connectivity index (χ1n) is 5.40. The summed E-state index contributed by atoms with van der Waals surface area (Å²) in [6.45, 7) is 3.49. The molecule has 0 aliphatic carbocycles. The molecule has 2 aromatic rings. The van der Waals surface area contributed by atoms with E-state index in [1.807, 2.05) is 0 Å². The number of H-pyrrole nitrogens is 1. The zero-order chi connectivity index (χ0) is 14.2. The van der Waals surface area contributed by atoms with Gasteiger partial charge in [-0.1, -0.05) is 0 Å². The van der Waals surface area contributed by atoms with E-state index in [0.29, 0.717) is 5.56 Å². The number of aromatic amines is 1. The molecule has 0 fully saturated rings. The molecule has 0 saturated heterocycles. The highest BCUT2D eigenvalue weighted by Gasteiger charge is 2.18. The maximum atomic E-state index is 13.3. The van der Waals surface area contributed by atoms with E-state index in [2.05, 4.69) is 14.9 Å². The Morgan fingerprint density at radius 1 is 1.37 bits per heavy atom. The number of aryl methyl sites for hydroxylation is 1. The molecule has 1 heterocycles. The topological polar surface area (TPSA) is 101 Å². The van der Waals surface area contributed by atoms with E-state index in [-0.39, 0.29) is 16.4 Å². The summed E-state index contributed by atoms with van der Waals surface area (Å²) in [6.07, 6.45) is 0. The molecule has 0 aliphatic heterocycles. The largest absolute Gasteiger partial charge is 0.396 e. The molecule has 0 aliphatic rings. The van der Waals surface area contributed by atoms with Gasteiger partial charge in [-0.3, -0.25) is 9.82 Å². The van der Waals surface area contributed by atoms with Crippen LogP contribution in [0.5, 0.6) is 0 Å². The summed E-state index contributed by atoms with van der Waals surface area (Å²) in [5, 5.41) is 6.49. The fourth-order valence-electron chi connectivity index (χ4n) is 1.45. The van der Waals surface area contributed by atoms with Crippen molar-refractivity contribution in [2.75, 3.05) is 10.5 Å². The van der Waals surface area contributed by atoms with Gasteiger partial charge in [0.25, 0.3) is 10.0 Å². The summed E-state index contributed by atoms with van der Waals surface area (Å²) < 4.78 is 39.7. The Hall–Kier alpha value is -2.09. The normalized spacial score (nSPS) is 11.5. The monoisotopic (exact) mass is 284 g/mol. The van der Waals surface area contributed by atoms with Gasteiger partial charge in [-0.05, 0) is 32.0 Å². The average Bonchev–Trinajstić information content (AvgIpc) is 2.64. The van der Waals surface area contributed by atoms with Gasteiger partial charge in [0.2, 0.25) is 0 Å². The van der Waals surface area contributed by atoms with Gasteiger partial charge in [0.05, 0.1) is 10.6 Å². The van der Waals surface area contributed by atoms with E-state index in [4.69, 9.17) is 5.73 Å². The van der Waals surface area contributed by atoms with E-state index >= 15 is 0 Å². The maximum absolute atomic E-state index is 13.3. The van der Waals surface area contributed by atoms with Crippen LogP contribution in [0.25, 0.3) is 0 Å². The molecular formula is C11H13FN4O2S. The van der Waals surface area contributed by atoms with Crippen LogP contribution in [0.3, 0.4) is 0 Å². The van der Waals surface area contributed by atoms with Gasteiger partial charge < -0.3 is 5.73 Å². The van der Waals surface area contributed by atoms with Crippen LogP contribution in [-0.4, -0.2) is 18.6 Å². The fraction of sp³-hybridized carbons (Fsp3) is 0.182. The number of rotatable bonds is 3. The van der Waals surface area contributed by atoms with Crippen molar-refractivity contribution in [3.05, 3.63) is 35.3 Å². The second-order valence-electron chi connectivity index (χ2n) is 4.11. The van der Waals surface area contributed by atoms with Crippen LogP contribution in [0.1, 0.15) is 11.3 Å². The van der Waals surface area contributed by atoms with Gasteiger partial charge >= 0.3 is 0 Å². The third-order valence-corrected chi connectivity index (χ3v) is 4.10. The van der Waals surface area contributed by atoms with Crippen LogP contribution in [0, 0.1) is 19.7 Å². The Balaban J connectivity index is 2.37. The molecule has 1 aromatic carbocycles. The van der Waals surface area contributed by atoms with Crippen LogP contribution in [0.4, 0.5) is 15.9 Å². The Labute approximate surface area is 109 Å². The number of nitrogens with zero attached hydrogens (tertiary/aromatic N) is 1. The first kappa shape index (κ1) is 13.3. The maximum Gasteiger partial charge on any atom is 0.263 e. The number of nitrogens with one attached hydrogen (secondary N) is 2. The minimum absolute atomic E-state index is 0.106. The van der Waals surface area contributed by atoms with Gasteiger partial charge in [-0.2, -0.15) is 5.10 Å². The van der Waals surface area contributed by atoms with E-state index in [0.717, 1.165) is 11.8 Å². The minimum atomic E-state index is -3.89. The molecule has 0 spiro atoms. The molecule has 8 heteroatoms. The van der Waals surface area contributed by atoms with Crippen molar-refractivity contribution in [1.82, 2.24) is 10.2 Å². The van der Waals surface area contributed by atoms with Crippen molar-refractivity contribution < 1.29 is 12.8 Å². The molecule has 0 atom stereocenters. The van der Waals surface area contributed by atoms with Crippen LogP contribution in [-0.2, 0) is 10.0 Å². The lowest BCUT2D eigenvalue weighted by atomic mass is 10.3. The van der Waals surface area contributed by atoms with E-state index in [1.165, 1.54) is 12.1 Å². The number of hydrogen-bond donors (Lipinski definition) is 3. The van der Waals surface area contributed by atoms with Gasteiger partial charge in [-0.15, -0.1) is 0 Å². The van der Waals surface area contributed by atoms with Gasteiger partial charge in [0.1, 0.15) is 5.82 Å². The molecule has 0 radical (unpaired) electrons. The number of sulfonamides is 1. The van der Waals surface area contributed by atoms with Crippen LogP contribution in [0.15, 0.2) is 23.1 Å². The SMILES string of the molecule is Cc1[nH]nc(NS(=O)(=O)c2ccc(N)c(F)c2)c1C. The first-order chi connectivity index (χ1) is 8.81. The Bertz CT molecular complexity index is 724. The predicted molar refractivity (Wildman–Crippen MR) is 69.7 cm³/mol. The quantitative estimate of drug-likeness (QED) is 0.744. The van der Waals surface area contributed by atoms with Crippen molar-refractivity contribution in [2.24, 2.45) is 0 Å². The smallest absolute Gasteiger partial charge is 0.263 e. The number of anilines is 2. The molecule has 102 valence electrons. The lowest BCUT2D eigenvalue weighted by molar-refractivity contribution is 0.596. The number of halogens is 1. The molecule has 4 N–H and O–H groups in total. The zero-order valence-corrected chi connectivity index (χ0v) is 11.2. The molecule has 0 amide bonds. The molecule has 0 unspecified atom stereocenters. The summed E-state index contributed by atoms with van der Waals surface area (Å²) in [4.78, 5) is -0.209. The number of nitrogens with two attached hydrogens (primary N) is 1. The van der Waals surface area contributed by atoms with Gasteiger partial charge in [0, 0.05) is 11.3 Å². The molecular weight excluding hydrogens is 271 g/mol. The standard InChI is InChI=1S/C11H13FN4O2S/c1-6-7(2)14-15-11(6)16-19(17,18)8-3-4-10(13)9(12)5-8/h3-5H,13H2,1-2H3,(H2,14,15,16). The summed E-state index contributed by atoms with van der Waals surface area (Å²) in [5.74, 6) is -0.590. The highest BCUT2D eigenvalue weighted by Crippen LogP contribution is 2.21. The Morgan fingerprint density at radius 2 is 2.05 bits per heavy atom. The summed E-state index contributed by atoms with van der Waals surface area (Å²) in [7, 11) is -3.89. The summed E-state index contributed by atoms with van der Waals surface area (Å²) in [6, 6.07) is 3.30. The van der Waals surface area contributed by atoms with E-state index in [1.54, 1.807) is 13.8 Å². The number of nitrogen functional groups attached to an aromatic ring is 1. The fourth-order valence-corrected chi connectivity index (χ4v) is 2.52. The van der Waals surface area contributed by atoms with Gasteiger partial charge in [-0.25, -0.2) is 12.8 Å². The second-order valence-corrected chi connectivity index (χ2v) is 5.79. The summed E-state index contributed by atoms with van der Waals surface area (Å²) >= 11 is 0. The number of benzene rings is 1. The molecule has 2 rings (SSSR count). The first-order valence-corrected chi connectivity index (χ1v) is 6.89. The molecule has 19 heavy (non-hydrogen) atoms. The number of hydrogen-bond acceptors (Lipinski definition) is 4. The molecule has 1 aromatic heterocycles. The highest BCUT2D eigenvalue weighted by atomic mass is 32.2. The van der Waals surface area contributed by atoms with Crippen LogP contribution < -0.4 is 10.5 Å². The Kier molecular flexibility index (Phi) is 3.19. The second kappa shape index (κ2) is 4.54. The predicted octanol–water partition coefficient (Wildman–Crippen LogP) is 1.55. The lowest BCUT2D eigenvalue weighted by Crippen LogP contribution is -2.14. The van der Waals surface area contributed by atoms with Crippen LogP contribution >= 0.6 is 0 Å². The number of aromatic nitrogens is 2. The molecule has 0 saturated carbocycles. The van der Waals surface area contributed by atoms with E-state index < -0.39 is 15.8 Å². The molecule has 0 bridgehead atoms. The molecule has 6 nitrogen and oxygen atoms in total. The van der Waals surface area contributed by atoms with Crippen molar-refractivity contribution in [3.8, 4) is 0 Å². The van der Waals surface area contributed by atoms with E-state index in [9.17, 15) is 12.8 Å². The van der Waals surface area contributed by atoms with Gasteiger partial charge in [0.15, 0.2) is 5.82 Å². The average molecular weight is 284 g/mol.